The summed E-state index contributed by atoms with van der Waals surface area (Å²) in [5.41, 5.74) is 0. The van der Waals surface area contributed by atoms with Gasteiger partial charge in [-0.05, 0) is 37.0 Å². The minimum atomic E-state index is -0.763. The summed E-state index contributed by atoms with van der Waals surface area (Å²) in [6.07, 6.45) is 49.5. The topological polar surface area (TPSA) is 78.9 Å². The highest BCUT2D eigenvalue weighted by molar-refractivity contribution is 5.71. The largest absolute Gasteiger partial charge is 0.462 e. The standard InChI is InChI=1S/C57H110O6/c1-7-53(6)45-39-33-27-20-16-12-8-9-13-17-21-28-34-40-46-55(58)61-49-54(50-62-56(59)47-41-35-29-24-23-26-32-38-44-52(4)5)63-57(60)48-42-36-30-22-18-14-10-11-15-19-25-31-37-43-51(2)3/h51-54H,7-50H2,1-6H3/t53?,54-/m1/s1. The first-order chi connectivity index (χ1) is 30.6. The van der Waals surface area contributed by atoms with Crippen LogP contribution in [0.5, 0.6) is 0 Å². The molecule has 0 aliphatic rings. The molecule has 0 saturated heterocycles. The summed E-state index contributed by atoms with van der Waals surface area (Å²) in [6, 6.07) is 0. The van der Waals surface area contributed by atoms with E-state index in [2.05, 4.69) is 41.5 Å². The minimum absolute atomic E-state index is 0.0641. The Balaban J connectivity index is 4.28. The summed E-state index contributed by atoms with van der Waals surface area (Å²) >= 11 is 0. The summed E-state index contributed by atoms with van der Waals surface area (Å²) in [6.45, 7) is 13.8. The lowest BCUT2D eigenvalue weighted by atomic mass is 9.99. The third-order valence-corrected chi connectivity index (χ3v) is 13.3. The monoisotopic (exact) mass is 891 g/mol. The van der Waals surface area contributed by atoms with E-state index in [1.54, 1.807) is 0 Å². The van der Waals surface area contributed by atoms with E-state index < -0.39 is 6.10 Å². The lowest BCUT2D eigenvalue weighted by Gasteiger charge is -2.18. The molecule has 0 spiro atoms. The molecule has 0 saturated carbocycles. The second kappa shape index (κ2) is 48.3. The van der Waals surface area contributed by atoms with Gasteiger partial charge in [-0.3, -0.25) is 14.4 Å². The molecule has 0 amide bonds. The average Bonchev–Trinajstić information content (AvgIpc) is 3.25. The fraction of sp³-hybridized carbons (Fsp3) is 0.947. The molecule has 0 aliphatic carbocycles. The van der Waals surface area contributed by atoms with Gasteiger partial charge in [0.2, 0.25) is 0 Å². The van der Waals surface area contributed by atoms with E-state index in [9.17, 15) is 14.4 Å². The molecule has 0 N–H and O–H groups in total. The van der Waals surface area contributed by atoms with Gasteiger partial charge >= 0.3 is 17.9 Å². The zero-order chi connectivity index (χ0) is 46.3. The first-order valence-electron chi connectivity index (χ1n) is 28.1. The quantitative estimate of drug-likeness (QED) is 0.0344. The predicted molar refractivity (Wildman–Crippen MR) is 270 cm³/mol. The van der Waals surface area contributed by atoms with Crippen LogP contribution in [-0.2, 0) is 28.6 Å². The van der Waals surface area contributed by atoms with Crippen molar-refractivity contribution >= 4 is 17.9 Å². The molecule has 0 rings (SSSR count). The van der Waals surface area contributed by atoms with E-state index >= 15 is 0 Å². The summed E-state index contributed by atoms with van der Waals surface area (Å²) in [5, 5.41) is 0. The first-order valence-corrected chi connectivity index (χ1v) is 28.1. The van der Waals surface area contributed by atoms with E-state index in [1.807, 2.05) is 0 Å². The van der Waals surface area contributed by atoms with Gasteiger partial charge in [-0.1, -0.05) is 273 Å². The van der Waals surface area contributed by atoms with E-state index in [0.717, 1.165) is 75.5 Å². The Morgan fingerprint density at radius 3 is 0.825 bits per heavy atom. The summed E-state index contributed by atoms with van der Waals surface area (Å²) in [5.74, 6) is 1.68. The zero-order valence-electron chi connectivity index (χ0n) is 43.4. The maximum atomic E-state index is 12.8. The van der Waals surface area contributed by atoms with Gasteiger partial charge in [0.1, 0.15) is 13.2 Å². The van der Waals surface area contributed by atoms with Gasteiger partial charge in [-0.15, -0.1) is 0 Å². The van der Waals surface area contributed by atoms with E-state index in [-0.39, 0.29) is 31.1 Å². The van der Waals surface area contributed by atoms with Crippen molar-refractivity contribution in [1.82, 2.24) is 0 Å². The number of ether oxygens (including phenoxy) is 3. The molecule has 0 radical (unpaired) electrons. The highest BCUT2D eigenvalue weighted by Crippen LogP contribution is 2.19. The zero-order valence-corrected chi connectivity index (χ0v) is 43.4. The molecule has 374 valence electrons. The third kappa shape index (κ3) is 49.7. The van der Waals surface area contributed by atoms with Crippen LogP contribution < -0.4 is 0 Å². The highest BCUT2D eigenvalue weighted by Gasteiger charge is 2.19. The predicted octanol–water partition coefficient (Wildman–Crippen LogP) is 18.3. The number of carbonyl (C=O) groups excluding carboxylic acids is 3. The van der Waals surface area contributed by atoms with Gasteiger partial charge in [-0.25, -0.2) is 0 Å². The second-order valence-electron chi connectivity index (χ2n) is 20.8. The summed E-state index contributed by atoms with van der Waals surface area (Å²) in [7, 11) is 0. The molecule has 0 bridgehead atoms. The Labute approximate surface area is 393 Å². The van der Waals surface area contributed by atoms with Gasteiger partial charge in [0.05, 0.1) is 0 Å². The summed E-state index contributed by atoms with van der Waals surface area (Å²) in [4.78, 5) is 38.1. The van der Waals surface area contributed by atoms with Crippen molar-refractivity contribution in [2.75, 3.05) is 13.2 Å². The SMILES string of the molecule is CCC(C)CCCCCCCCCCCCCCCCC(=O)OC[C@H](COC(=O)CCCCCCCCCCC(C)C)OC(=O)CCCCCCCCCCCCCCCC(C)C. The Hall–Kier alpha value is -1.59. The van der Waals surface area contributed by atoms with Gasteiger partial charge in [0.25, 0.3) is 0 Å². The minimum Gasteiger partial charge on any atom is -0.462 e. The maximum Gasteiger partial charge on any atom is 0.306 e. The van der Waals surface area contributed by atoms with Crippen LogP contribution in [0.3, 0.4) is 0 Å². The van der Waals surface area contributed by atoms with Crippen LogP contribution >= 0.6 is 0 Å². The van der Waals surface area contributed by atoms with Gasteiger partial charge < -0.3 is 14.2 Å². The smallest absolute Gasteiger partial charge is 0.306 e. The molecule has 0 aromatic rings. The molecular formula is C57H110O6. The van der Waals surface area contributed by atoms with E-state index in [4.69, 9.17) is 14.2 Å². The van der Waals surface area contributed by atoms with Crippen molar-refractivity contribution in [3.63, 3.8) is 0 Å². The molecule has 0 aliphatic heterocycles. The van der Waals surface area contributed by atoms with Crippen LogP contribution in [0.4, 0.5) is 0 Å². The second-order valence-corrected chi connectivity index (χ2v) is 20.8. The lowest BCUT2D eigenvalue weighted by Crippen LogP contribution is -2.30. The summed E-state index contributed by atoms with van der Waals surface area (Å²) < 4.78 is 16.9. The number of hydrogen-bond donors (Lipinski definition) is 0. The average molecular weight is 892 g/mol. The van der Waals surface area contributed by atoms with Crippen LogP contribution in [-0.4, -0.2) is 37.2 Å². The molecule has 0 fully saturated rings. The Morgan fingerprint density at radius 1 is 0.317 bits per heavy atom. The van der Waals surface area contributed by atoms with Crippen LogP contribution in [0.2, 0.25) is 0 Å². The number of carbonyl (C=O) groups is 3. The fourth-order valence-corrected chi connectivity index (χ4v) is 8.61. The first kappa shape index (κ1) is 61.4. The van der Waals surface area contributed by atoms with Gasteiger partial charge in [0, 0.05) is 19.3 Å². The molecule has 63 heavy (non-hydrogen) atoms. The normalized spacial score (nSPS) is 12.6. The number of esters is 3. The van der Waals surface area contributed by atoms with Crippen molar-refractivity contribution in [3.05, 3.63) is 0 Å². The van der Waals surface area contributed by atoms with Crippen molar-refractivity contribution in [2.24, 2.45) is 17.8 Å². The lowest BCUT2D eigenvalue weighted by molar-refractivity contribution is -0.167. The molecular weight excluding hydrogens is 781 g/mol. The molecule has 6 nitrogen and oxygen atoms in total. The molecule has 2 atom stereocenters. The van der Waals surface area contributed by atoms with Crippen LogP contribution in [0.15, 0.2) is 0 Å². The van der Waals surface area contributed by atoms with Gasteiger partial charge in [-0.2, -0.15) is 0 Å². The van der Waals surface area contributed by atoms with Crippen molar-refractivity contribution in [2.45, 2.75) is 317 Å². The van der Waals surface area contributed by atoms with E-state index in [0.29, 0.717) is 19.3 Å². The number of unbranched alkanes of at least 4 members (excludes halogenated alkanes) is 32. The molecule has 0 aromatic carbocycles. The van der Waals surface area contributed by atoms with Crippen LogP contribution in [0.25, 0.3) is 0 Å². The fourth-order valence-electron chi connectivity index (χ4n) is 8.61. The Kier molecular flexibility index (Phi) is 47.1. The van der Waals surface area contributed by atoms with Crippen molar-refractivity contribution < 1.29 is 28.6 Å². The molecule has 1 unspecified atom stereocenters. The van der Waals surface area contributed by atoms with Crippen LogP contribution in [0.1, 0.15) is 311 Å². The number of hydrogen-bond acceptors (Lipinski definition) is 6. The maximum absolute atomic E-state index is 12.8. The number of rotatable bonds is 50. The van der Waals surface area contributed by atoms with Crippen molar-refractivity contribution in [3.8, 4) is 0 Å². The van der Waals surface area contributed by atoms with E-state index in [1.165, 1.54) is 193 Å². The molecule has 0 aromatic heterocycles. The third-order valence-electron chi connectivity index (χ3n) is 13.3. The Bertz CT molecular complexity index is 978. The molecule has 6 heteroatoms. The van der Waals surface area contributed by atoms with Crippen LogP contribution in [0, 0.1) is 17.8 Å². The van der Waals surface area contributed by atoms with Crippen molar-refractivity contribution in [1.29, 1.82) is 0 Å². The Morgan fingerprint density at radius 2 is 0.556 bits per heavy atom. The highest BCUT2D eigenvalue weighted by atomic mass is 16.6. The molecule has 0 heterocycles. The van der Waals surface area contributed by atoms with Gasteiger partial charge in [0.15, 0.2) is 6.10 Å².